The van der Waals surface area contributed by atoms with E-state index in [2.05, 4.69) is 29.2 Å². The zero-order valence-corrected chi connectivity index (χ0v) is 11.7. The van der Waals surface area contributed by atoms with Gasteiger partial charge in [0.25, 0.3) is 0 Å². The molecular weight excluding hydrogens is 232 g/mol. The zero-order chi connectivity index (χ0) is 13.8. The van der Waals surface area contributed by atoms with Crippen molar-refractivity contribution in [1.29, 1.82) is 0 Å². The quantitative estimate of drug-likeness (QED) is 0.715. The Balaban J connectivity index is 2.51. The first-order chi connectivity index (χ1) is 8.36. The fraction of sp³-hybridized carbons (Fsp3) is 0.846. The molecule has 18 heavy (non-hydrogen) atoms. The molecule has 2 atom stereocenters. The van der Waals surface area contributed by atoms with Crippen molar-refractivity contribution in [1.82, 2.24) is 10.6 Å². The van der Waals surface area contributed by atoms with Crippen molar-refractivity contribution in [3.8, 4) is 0 Å². The van der Waals surface area contributed by atoms with E-state index in [9.17, 15) is 9.59 Å². The zero-order valence-electron chi connectivity index (χ0n) is 11.7. The number of amides is 1. The van der Waals surface area contributed by atoms with Crippen LogP contribution >= 0.6 is 0 Å². The molecule has 104 valence electrons. The van der Waals surface area contributed by atoms with Gasteiger partial charge in [-0.05, 0) is 18.3 Å². The lowest BCUT2D eigenvalue weighted by Crippen LogP contribution is -2.50. The Bertz CT molecular complexity index is 315. The van der Waals surface area contributed by atoms with Gasteiger partial charge in [-0.15, -0.1) is 0 Å². The van der Waals surface area contributed by atoms with Crippen molar-refractivity contribution in [2.24, 2.45) is 5.41 Å². The molecule has 1 amide bonds. The molecule has 0 aromatic heterocycles. The number of carbonyl (C=O) groups excluding carboxylic acids is 2. The lowest BCUT2D eigenvalue weighted by Gasteiger charge is -2.29. The summed E-state index contributed by atoms with van der Waals surface area (Å²) in [6, 6.07) is -0.220. The lowest BCUT2D eigenvalue weighted by atomic mass is 9.87. The summed E-state index contributed by atoms with van der Waals surface area (Å²) in [4.78, 5) is 22.6. The molecule has 0 radical (unpaired) electrons. The standard InChI is InChI=1S/C13H24N2O3/c1-9(16)15-10(12(17)18-4)8-14-11-6-5-7-13(11,2)3/h10-11,14H,5-8H2,1-4H3,(H,15,16). The van der Waals surface area contributed by atoms with Gasteiger partial charge >= 0.3 is 5.97 Å². The normalized spacial score (nSPS) is 23.4. The van der Waals surface area contributed by atoms with E-state index in [0.29, 0.717) is 12.6 Å². The van der Waals surface area contributed by atoms with Gasteiger partial charge in [0.1, 0.15) is 6.04 Å². The summed E-state index contributed by atoms with van der Waals surface area (Å²) in [5.74, 6) is -0.633. The molecule has 0 aromatic rings. The number of hydrogen-bond acceptors (Lipinski definition) is 4. The SMILES string of the molecule is COC(=O)C(CNC1CCCC1(C)C)NC(C)=O. The van der Waals surface area contributed by atoms with E-state index in [4.69, 9.17) is 0 Å². The molecule has 1 aliphatic rings. The van der Waals surface area contributed by atoms with Crippen LogP contribution in [0.25, 0.3) is 0 Å². The molecule has 0 bridgehead atoms. The van der Waals surface area contributed by atoms with Gasteiger partial charge in [-0.3, -0.25) is 4.79 Å². The first-order valence-electron chi connectivity index (χ1n) is 6.45. The number of ether oxygens (including phenoxy) is 1. The van der Waals surface area contributed by atoms with Gasteiger partial charge in [0, 0.05) is 19.5 Å². The second-order valence-electron chi connectivity index (χ2n) is 5.62. The average molecular weight is 256 g/mol. The molecule has 1 fully saturated rings. The van der Waals surface area contributed by atoms with E-state index in [1.54, 1.807) is 0 Å². The number of nitrogens with one attached hydrogen (secondary N) is 2. The summed E-state index contributed by atoms with van der Waals surface area (Å²) in [5.41, 5.74) is 0.247. The van der Waals surface area contributed by atoms with Crippen LogP contribution in [-0.4, -0.2) is 37.6 Å². The van der Waals surface area contributed by atoms with Crippen LogP contribution in [0.15, 0.2) is 0 Å². The Morgan fingerprint density at radius 2 is 2.11 bits per heavy atom. The fourth-order valence-electron chi connectivity index (χ4n) is 2.55. The van der Waals surface area contributed by atoms with E-state index < -0.39 is 12.0 Å². The number of hydrogen-bond donors (Lipinski definition) is 2. The topological polar surface area (TPSA) is 67.4 Å². The van der Waals surface area contributed by atoms with Crippen LogP contribution < -0.4 is 10.6 Å². The predicted octanol–water partition coefficient (Wildman–Crippen LogP) is 0.832. The van der Waals surface area contributed by atoms with E-state index >= 15 is 0 Å². The summed E-state index contributed by atoms with van der Waals surface area (Å²) in [7, 11) is 1.33. The second-order valence-corrected chi connectivity index (χ2v) is 5.62. The first-order valence-corrected chi connectivity index (χ1v) is 6.45. The third-order valence-corrected chi connectivity index (χ3v) is 3.69. The molecule has 5 nitrogen and oxygen atoms in total. The van der Waals surface area contributed by atoms with Crippen molar-refractivity contribution in [3.05, 3.63) is 0 Å². The van der Waals surface area contributed by atoms with E-state index in [1.807, 2.05) is 0 Å². The van der Waals surface area contributed by atoms with Gasteiger partial charge < -0.3 is 15.4 Å². The van der Waals surface area contributed by atoms with Crippen LogP contribution in [0.5, 0.6) is 0 Å². The maximum Gasteiger partial charge on any atom is 0.329 e. The minimum atomic E-state index is -0.608. The lowest BCUT2D eigenvalue weighted by molar-refractivity contribution is -0.144. The molecule has 0 aromatic carbocycles. The molecule has 5 heteroatoms. The molecule has 2 N–H and O–H groups in total. The summed E-state index contributed by atoms with van der Waals surface area (Å²) in [6.45, 7) is 6.27. The van der Waals surface area contributed by atoms with Gasteiger partial charge in [0.2, 0.25) is 5.91 Å². The van der Waals surface area contributed by atoms with Crippen LogP contribution in [0.3, 0.4) is 0 Å². The molecule has 0 heterocycles. The Morgan fingerprint density at radius 3 is 2.56 bits per heavy atom. The van der Waals surface area contributed by atoms with Gasteiger partial charge in [0.05, 0.1) is 7.11 Å². The minimum Gasteiger partial charge on any atom is -0.467 e. The monoisotopic (exact) mass is 256 g/mol. The van der Waals surface area contributed by atoms with Crippen molar-refractivity contribution < 1.29 is 14.3 Å². The number of carbonyl (C=O) groups is 2. The molecule has 0 spiro atoms. The highest BCUT2D eigenvalue weighted by atomic mass is 16.5. The number of esters is 1. The molecule has 0 aliphatic heterocycles. The molecule has 1 rings (SSSR count). The van der Waals surface area contributed by atoms with E-state index in [-0.39, 0.29) is 11.3 Å². The predicted molar refractivity (Wildman–Crippen MR) is 69.0 cm³/mol. The summed E-state index contributed by atoms with van der Waals surface area (Å²) in [6.07, 6.45) is 3.50. The Morgan fingerprint density at radius 1 is 1.44 bits per heavy atom. The second kappa shape index (κ2) is 6.18. The van der Waals surface area contributed by atoms with Crippen molar-refractivity contribution in [2.75, 3.05) is 13.7 Å². The third kappa shape index (κ3) is 3.98. The Kier molecular flexibility index (Phi) is 5.14. The average Bonchev–Trinajstić information content (AvgIpc) is 2.62. The summed E-state index contributed by atoms with van der Waals surface area (Å²) >= 11 is 0. The minimum absolute atomic E-state index is 0.224. The highest BCUT2D eigenvalue weighted by Crippen LogP contribution is 2.36. The van der Waals surface area contributed by atoms with Crippen LogP contribution in [0.1, 0.15) is 40.0 Å². The van der Waals surface area contributed by atoms with Gasteiger partial charge in [0.15, 0.2) is 0 Å². The first kappa shape index (κ1) is 15.0. The smallest absolute Gasteiger partial charge is 0.329 e. The van der Waals surface area contributed by atoms with E-state index in [1.165, 1.54) is 26.9 Å². The van der Waals surface area contributed by atoms with Crippen molar-refractivity contribution in [3.63, 3.8) is 0 Å². The number of methoxy groups -OCH3 is 1. The molecule has 2 unspecified atom stereocenters. The Hall–Kier alpha value is -1.10. The molecule has 0 saturated heterocycles. The summed E-state index contributed by atoms with van der Waals surface area (Å²) in [5, 5.41) is 5.98. The van der Waals surface area contributed by atoms with Crippen molar-refractivity contribution >= 4 is 11.9 Å². The van der Waals surface area contributed by atoms with Gasteiger partial charge in [-0.25, -0.2) is 4.79 Å². The maximum absolute atomic E-state index is 11.5. The van der Waals surface area contributed by atoms with Crippen LogP contribution in [0, 0.1) is 5.41 Å². The van der Waals surface area contributed by atoms with Crippen LogP contribution in [0.4, 0.5) is 0 Å². The highest BCUT2D eigenvalue weighted by molar-refractivity contribution is 5.83. The number of rotatable bonds is 5. The van der Waals surface area contributed by atoms with Gasteiger partial charge in [-0.1, -0.05) is 20.3 Å². The Labute approximate surface area is 109 Å². The van der Waals surface area contributed by atoms with Crippen LogP contribution in [0.2, 0.25) is 0 Å². The van der Waals surface area contributed by atoms with Crippen molar-refractivity contribution in [2.45, 2.75) is 52.1 Å². The highest BCUT2D eigenvalue weighted by Gasteiger charge is 2.35. The van der Waals surface area contributed by atoms with Crippen LogP contribution in [-0.2, 0) is 14.3 Å². The fourth-order valence-corrected chi connectivity index (χ4v) is 2.55. The third-order valence-electron chi connectivity index (χ3n) is 3.69. The maximum atomic E-state index is 11.5. The van der Waals surface area contributed by atoms with E-state index in [0.717, 1.165) is 6.42 Å². The molecular formula is C13H24N2O3. The largest absolute Gasteiger partial charge is 0.467 e. The molecule has 1 aliphatic carbocycles. The molecule has 1 saturated carbocycles. The van der Waals surface area contributed by atoms with Gasteiger partial charge in [-0.2, -0.15) is 0 Å². The summed E-state index contributed by atoms with van der Waals surface area (Å²) < 4.78 is 4.69.